The zero-order valence-electron chi connectivity index (χ0n) is 11.8. The zero-order valence-corrected chi connectivity index (χ0v) is 12.6. The molecule has 2 atom stereocenters. The summed E-state index contributed by atoms with van der Waals surface area (Å²) in [7, 11) is 0. The smallest absolute Gasteiger partial charge is 0.231 e. The van der Waals surface area contributed by atoms with Crippen molar-refractivity contribution in [2.75, 3.05) is 12.3 Å². The molecule has 0 amide bonds. The first-order valence-electron chi connectivity index (χ1n) is 7.08. The molecular formula is C15H19N3OS. The van der Waals surface area contributed by atoms with Gasteiger partial charge in [-0.1, -0.05) is 24.2 Å². The maximum atomic E-state index is 5.47. The van der Waals surface area contributed by atoms with Gasteiger partial charge in [0.2, 0.25) is 11.7 Å². The van der Waals surface area contributed by atoms with Crippen molar-refractivity contribution in [2.45, 2.75) is 37.1 Å². The average Bonchev–Trinajstić information content (AvgIpc) is 3.08. The van der Waals surface area contributed by atoms with Gasteiger partial charge in [-0.05, 0) is 37.8 Å². The van der Waals surface area contributed by atoms with Crippen LogP contribution in [0.1, 0.15) is 32.1 Å². The Kier molecular flexibility index (Phi) is 4.08. The van der Waals surface area contributed by atoms with Crippen molar-refractivity contribution in [3.8, 4) is 11.4 Å². The van der Waals surface area contributed by atoms with Gasteiger partial charge in [-0.3, -0.25) is 0 Å². The Morgan fingerprint density at radius 1 is 1.45 bits per heavy atom. The lowest BCUT2D eigenvalue weighted by atomic mass is 10.0. The summed E-state index contributed by atoms with van der Waals surface area (Å²) in [5.41, 5.74) is 1.03. The highest BCUT2D eigenvalue weighted by Gasteiger charge is 2.29. The van der Waals surface area contributed by atoms with Crippen LogP contribution in [0.15, 0.2) is 33.7 Å². The van der Waals surface area contributed by atoms with Gasteiger partial charge in [0.05, 0.1) is 5.92 Å². The third-order valence-corrected chi connectivity index (χ3v) is 4.56. The minimum atomic E-state index is 0.337. The van der Waals surface area contributed by atoms with Crippen molar-refractivity contribution in [1.82, 2.24) is 15.5 Å². The lowest BCUT2D eigenvalue weighted by Crippen LogP contribution is -2.21. The summed E-state index contributed by atoms with van der Waals surface area (Å²) in [5.74, 6) is 2.85. The maximum Gasteiger partial charge on any atom is 0.231 e. The second-order valence-corrected chi connectivity index (χ2v) is 6.39. The normalized spacial score (nSPS) is 22.3. The molecule has 1 aromatic carbocycles. The molecule has 1 saturated heterocycles. The summed E-state index contributed by atoms with van der Waals surface area (Å²) in [6.07, 6.45) is 1.06. The minimum absolute atomic E-state index is 0.337. The molecule has 1 aliphatic heterocycles. The summed E-state index contributed by atoms with van der Waals surface area (Å²) in [6.45, 7) is 5.34. The van der Waals surface area contributed by atoms with Crippen LogP contribution in [-0.2, 0) is 0 Å². The highest BCUT2D eigenvalue weighted by atomic mass is 32.2. The van der Waals surface area contributed by atoms with Gasteiger partial charge in [0.25, 0.3) is 0 Å². The van der Waals surface area contributed by atoms with Gasteiger partial charge in [0.1, 0.15) is 0 Å². The molecule has 2 unspecified atom stereocenters. The van der Waals surface area contributed by atoms with E-state index in [-0.39, 0.29) is 0 Å². The third-order valence-electron chi connectivity index (χ3n) is 3.69. The molecule has 2 heterocycles. The van der Waals surface area contributed by atoms with Crippen LogP contribution in [0.5, 0.6) is 0 Å². The van der Waals surface area contributed by atoms with Gasteiger partial charge in [0, 0.05) is 16.5 Å². The van der Waals surface area contributed by atoms with E-state index >= 15 is 0 Å². The number of nitrogens with one attached hydrogen (secondary N) is 1. The van der Waals surface area contributed by atoms with E-state index in [1.54, 1.807) is 0 Å². The van der Waals surface area contributed by atoms with Crippen molar-refractivity contribution >= 4 is 11.8 Å². The van der Waals surface area contributed by atoms with Gasteiger partial charge in [-0.15, -0.1) is 11.8 Å². The van der Waals surface area contributed by atoms with Crippen molar-refractivity contribution in [3.05, 3.63) is 30.2 Å². The van der Waals surface area contributed by atoms with Crippen LogP contribution in [-0.4, -0.2) is 28.5 Å². The van der Waals surface area contributed by atoms with Crippen LogP contribution < -0.4 is 5.32 Å². The Hall–Kier alpha value is -1.33. The summed E-state index contributed by atoms with van der Waals surface area (Å²) in [6, 6.07) is 8.72. The van der Waals surface area contributed by atoms with Crippen LogP contribution in [0, 0.1) is 0 Å². The molecule has 0 bridgehead atoms. The fourth-order valence-corrected chi connectivity index (χ4v) is 3.31. The number of nitrogens with zero attached hydrogens (tertiary/aromatic N) is 2. The molecule has 1 N–H and O–H groups in total. The molecule has 0 radical (unpaired) electrons. The molecule has 5 heteroatoms. The quantitative estimate of drug-likeness (QED) is 0.875. The standard InChI is InChI=1S/C15H19N3OS/c1-3-20-12-6-4-5-11(9-12)14-17-15(19-18-14)13-7-8-16-10(13)2/h4-6,9-10,13,16H,3,7-8H2,1-2H3. The van der Waals surface area contributed by atoms with Crippen LogP contribution >= 0.6 is 11.8 Å². The SMILES string of the molecule is CCSc1cccc(-c2noc(C3CCNC3C)n2)c1. The molecule has 0 saturated carbocycles. The van der Waals surface area contributed by atoms with E-state index in [1.807, 2.05) is 23.9 Å². The Morgan fingerprint density at radius 2 is 2.35 bits per heavy atom. The van der Waals surface area contributed by atoms with Crippen molar-refractivity contribution in [2.24, 2.45) is 0 Å². The monoisotopic (exact) mass is 289 g/mol. The predicted octanol–water partition coefficient (Wildman–Crippen LogP) is 3.31. The van der Waals surface area contributed by atoms with Crippen molar-refractivity contribution in [3.63, 3.8) is 0 Å². The first-order valence-corrected chi connectivity index (χ1v) is 8.06. The molecule has 1 fully saturated rings. The number of hydrogen-bond acceptors (Lipinski definition) is 5. The van der Waals surface area contributed by atoms with Crippen LogP contribution in [0.3, 0.4) is 0 Å². The van der Waals surface area contributed by atoms with E-state index in [0.717, 1.165) is 30.2 Å². The molecule has 0 aliphatic carbocycles. The third kappa shape index (κ3) is 2.74. The fraction of sp³-hybridized carbons (Fsp3) is 0.467. The van der Waals surface area contributed by atoms with E-state index in [0.29, 0.717) is 17.8 Å². The van der Waals surface area contributed by atoms with E-state index in [1.165, 1.54) is 4.90 Å². The second-order valence-electron chi connectivity index (χ2n) is 5.06. The number of hydrogen-bond donors (Lipinski definition) is 1. The summed E-state index contributed by atoms with van der Waals surface area (Å²) in [5, 5.41) is 7.56. The Bertz CT molecular complexity index is 584. The Labute approximate surface area is 123 Å². The highest BCUT2D eigenvalue weighted by molar-refractivity contribution is 7.99. The number of thioether (sulfide) groups is 1. The molecule has 2 aromatic rings. The Morgan fingerprint density at radius 3 is 3.10 bits per heavy atom. The Balaban J connectivity index is 1.84. The molecular weight excluding hydrogens is 270 g/mol. The predicted molar refractivity (Wildman–Crippen MR) is 81.0 cm³/mol. The lowest BCUT2D eigenvalue weighted by molar-refractivity contribution is 0.345. The van der Waals surface area contributed by atoms with E-state index in [4.69, 9.17) is 4.52 Å². The van der Waals surface area contributed by atoms with Crippen molar-refractivity contribution < 1.29 is 4.52 Å². The van der Waals surface area contributed by atoms with Crippen molar-refractivity contribution in [1.29, 1.82) is 0 Å². The molecule has 1 aliphatic rings. The number of benzene rings is 1. The van der Waals surface area contributed by atoms with Crippen LogP contribution in [0.4, 0.5) is 0 Å². The number of rotatable bonds is 4. The fourth-order valence-electron chi connectivity index (χ4n) is 2.59. The summed E-state index contributed by atoms with van der Waals surface area (Å²) >= 11 is 1.82. The molecule has 1 aromatic heterocycles. The maximum absolute atomic E-state index is 5.47. The highest BCUT2D eigenvalue weighted by Crippen LogP contribution is 2.29. The van der Waals surface area contributed by atoms with Gasteiger partial charge < -0.3 is 9.84 Å². The average molecular weight is 289 g/mol. The lowest BCUT2D eigenvalue weighted by Gasteiger charge is -2.08. The molecule has 106 valence electrons. The summed E-state index contributed by atoms with van der Waals surface area (Å²) < 4.78 is 5.47. The van der Waals surface area contributed by atoms with Gasteiger partial charge in [-0.25, -0.2) is 0 Å². The molecule has 3 rings (SSSR count). The second kappa shape index (κ2) is 5.97. The number of aromatic nitrogens is 2. The van der Waals surface area contributed by atoms with Gasteiger partial charge in [-0.2, -0.15) is 4.98 Å². The molecule has 20 heavy (non-hydrogen) atoms. The van der Waals surface area contributed by atoms with Crippen LogP contribution in [0.25, 0.3) is 11.4 Å². The van der Waals surface area contributed by atoms with Crippen LogP contribution in [0.2, 0.25) is 0 Å². The van der Waals surface area contributed by atoms with E-state index in [9.17, 15) is 0 Å². The molecule has 0 spiro atoms. The van der Waals surface area contributed by atoms with E-state index in [2.05, 4.69) is 41.4 Å². The first-order chi connectivity index (χ1) is 9.78. The summed E-state index contributed by atoms with van der Waals surface area (Å²) in [4.78, 5) is 5.83. The molecule has 4 nitrogen and oxygen atoms in total. The van der Waals surface area contributed by atoms with E-state index < -0.39 is 0 Å². The minimum Gasteiger partial charge on any atom is -0.339 e. The largest absolute Gasteiger partial charge is 0.339 e. The zero-order chi connectivity index (χ0) is 13.9. The van der Waals surface area contributed by atoms with Gasteiger partial charge in [0.15, 0.2) is 0 Å². The van der Waals surface area contributed by atoms with Gasteiger partial charge >= 0.3 is 0 Å². The topological polar surface area (TPSA) is 51.0 Å². The first kappa shape index (κ1) is 13.6.